The molecule has 0 heterocycles. The summed E-state index contributed by atoms with van der Waals surface area (Å²) in [6, 6.07) is 18.6. The molecule has 1 atom stereocenters. The van der Waals surface area contributed by atoms with Crippen LogP contribution in [0.1, 0.15) is 25.8 Å². The zero-order valence-corrected chi connectivity index (χ0v) is 24.8. The van der Waals surface area contributed by atoms with Gasteiger partial charge in [-0.1, -0.05) is 76.4 Å². The number of benzene rings is 3. The first-order valence-corrected chi connectivity index (χ1v) is 14.9. The average molecular weight is 641 g/mol. The van der Waals surface area contributed by atoms with Gasteiger partial charge in [0.05, 0.1) is 15.6 Å². The highest BCUT2D eigenvalue weighted by atomic mass is 79.9. The van der Waals surface area contributed by atoms with Crippen molar-refractivity contribution in [2.75, 3.05) is 17.4 Å². The van der Waals surface area contributed by atoms with E-state index in [0.29, 0.717) is 6.54 Å². The first-order valence-electron chi connectivity index (χ1n) is 11.9. The van der Waals surface area contributed by atoms with Crippen LogP contribution in [0.5, 0.6) is 0 Å². The van der Waals surface area contributed by atoms with Gasteiger partial charge in [0.25, 0.3) is 10.0 Å². The van der Waals surface area contributed by atoms with E-state index in [4.69, 9.17) is 23.2 Å². The second-order valence-electron chi connectivity index (χ2n) is 8.54. The van der Waals surface area contributed by atoms with Crippen LogP contribution in [0.25, 0.3) is 0 Å². The highest BCUT2D eigenvalue weighted by Gasteiger charge is 2.33. The fourth-order valence-electron chi connectivity index (χ4n) is 3.72. The molecule has 1 unspecified atom stereocenters. The zero-order valence-electron chi connectivity index (χ0n) is 20.9. The van der Waals surface area contributed by atoms with Gasteiger partial charge in [0.1, 0.15) is 12.6 Å². The summed E-state index contributed by atoms with van der Waals surface area (Å²) in [7, 11) is -4.23. The minimum absolute atomic E-state index is 0.0175. The lowest BCUT2D eigenvalue weighted by molar-refractivity contribution is -0.139. The van der Waals surface area contributed by atoms with E-state index in [-0.39, 0.29) is 33.1 Å². The molecule has 2 amide bonds. The Morgan fingerprint density at radius 1 is 1.00 bits per heavy atom. The fourth-order valence-corrected chi connectivity index (χ4v) is 6.05. The van der Waals surface area contributed by atoms with Crippen molar-refractivity contribution < 1.29 is 18.0 Å². The minimum atomic E-state index is -4.23. The first-order chi connectivity index (χ1) is 18.0. The molecule has 0 radical (unpaired) electrons. The maximum Gasteiger partial charge on any atom is 0.264 e. The molecule has 3 aromatic carbocycles. The molecule has 0 saturated heterocycles. The molecular formula is C27H28BrCl2N3O4S. The molecule has 3 aromatic rings. The van der Waals surface area contributed by atoms with Crippen molar-refractivity contribution >= 4 is 66.7 Å². The molecule has 0 bridgehead atoms. The number of nitrogens with one attached hydrogen (secondary N) is 1. The molecule has 0 aliphatic carbocycles. The van der Waals surface area contributed by atoms with Crippen LogP contribution >= 0.6 is 39.1 Å². The highest BCUT2D eigenvalue weighted by molar-refractivity contribution is 9.10. The van der Waals surface area contributed by atoms with Gasteiger partial charge in [0.15, 0.2) is 0 Å². The quantitative estimate of drug-likeness (QED) is 0.283. The van der Waals surface area contributed by atoms with Crippen molar-refractivity contribution in [3.63, 3.8) is 0 Å². The summed E-state index contributed by atoms with van der Waals surface area (Å²) in [6.45, 7) is 3.48. The third-order valence-electron chi connectivity index (χ3n) is 5.75. The Bertz CT molecular complexity index is 1390. The summed E-state index contributed by atoms with van der Waals surface area (Å²) < 4.78 is 29.3. The summed E-state index contributed by atoms with van der Waals surface area (Å²) >= 11 is 16.0. The normalized spacial score (nSPS) is 12.0. The Hall–Kier alpha value is -2.59. The van der Waals surface area contributed by atoms with E-state index in [2.05, 4.69) is 21.2 Å². The van der Waals surface area contributed by atoms with Gasteiger partial charge in [0.2, 0.25) is 11.8 Å². The Labute approximate surface area is 241 Å². The Kier molecular flexibility index (Phi) is 10.6. The predicted octanol–water partition coefficient (Wildman–Crippen LogP) is 5.89. The maximum absolute atomic E-state index is 13.9. The molecule has 0 saturated carbocycles. The summed E-state index contributed by atoms with van der Waals surface area (Å²) in [4.78, 5) is 28.1. The van der Waals surface area contributed by atoms with Gasteiger partial charge in [-0.2, -0.15) is 0 Å². The number of carbonyl (C=O) groups excluding carboxylic acids is 2. The minimum Gasteiger partial charge on any atom is -0.354 e. The number of amides is 2. The van der Waals surface area contributed by atoms with Crippen LogP contribution in [0.3, 0.4) is 0 Å². The van der Waals surface area contributed by atoms with Crippen LogP contribution in [0, 0.1) is 0 Å². The number of hydrogen-bond donors (Lipinski definition) is 1. The summed E-state index contributed by atoms with van der Waals surface area (Å²) in [5.74, 6) is -0.923. The SMILES string of the molecule is CCCNC(=O)C(C)N(Cc1cccc(Br)c1)C(=O)CN(c1cc(Cl)ccc1Cl)S(=O)(=O)c1ccccc1. The Morgan fingerprint density at radius 2 is 1.71 bits per heavy atom. The number of anilines is 1. The van der Waals surface area contributed by atoms with E-state index in [0.717, 1.165) is 20.8 Å². The van der Waals surface area contributed by atoms with Gasteiger partial charge in [-0.3, -0.25) is 13.9 Å². The lowest BCUT2D eigenvalue weighted by Gasteiger charge is -2.32. The largest absolute Gasteiger partial charge is 0.354 e. The molecule has 11 heteroatoms. The monoisotopic (exact) mass is 639 g/mol. The standard InChI is InChI=1S/C27H28BrCl2N3O4S/c1-3-14-31-27(35)19(2)32(17-20-8-7-9-21(28)15-20)26(34)18-33(25-16-22(29)12-13-24(25)30)38(36,37)23-10-5-4-6-11-23/h4-13,15-16,19H,3,14,17-18H2,1-2H3,(H,31,35). The topological polar surface area (TPSA) is 86.8 Å². The number of rotatable bonds is 11. The molecule has 1 N–H and O–H groups in total. The van der Waals surface area contributed by atoms with Crippen LogP contribution in [0.4, 0.5) is 5.69 Å². The van der Waals surface area contributed by atoms with Crippen LogP contribution in [0.15, 0.2) is 82.2 Å². The number of carbonyl (C=O) groups is 2. The molecule has 0 aromatic heterocycles. The predicted molar refractivity (Wildman–Crippen MR) is 155 cm³/mol. The van der Waals surface area contributed by atoms with E-state index < -0.39 is 28.5 Å². The smallest absolute Gasteiger partial charge is 0.264 e. The molecule has 38 heavy (non-hydrogen) atoms. The first kappa shape index (κ1) is 30.0. The van der Waals surface area contributed by atoms with Crippen LogP contribution in [-0.2, 0) is 26.2 Å². The van der Waals surface area contributed by atoms with E-state index in [9.17, 15) is 18.0 Å². The number of sulfonamides is 1. The Balaban J connectivity index is 2.05. The number of halogens is 3. The highest BCUT2D eigenvalue weighted by Crippen LogP contribution is 2.33. The van der Waals surface area contributed by atoms with Crippen LogP contribution < -0.4 is 9.62 Å². The van der Waals surface area contributed by atoms with Gasteiger partial charge in [-0.15, -0.1) is 0 Å². The Morgan fingerprint density at radius 3 is 2.37 bits per heavy atom. The van der Waals surface area contributed by atoms with E-state index in [1.165, 1.54) is 35.2 Å². The molecular weight excluding hydrogens is 613 g/mol. The third kappa shape index (κ3) is 7.50. The molecule has 0 aliphatic heterocycles. The van der Waals surface area contributed by atoms with Crippen molar-refractivity contribution in [3.05, 3.63) is 92.9 Å². The van der Waals surface area contributed by atoms with Gasteiger partial charge < -0.3 is 10.2 Å². The molecule has 202 valence electrons. The number of hydrogen-bond acceptors (Lipinski definition) is 4. The van der Waals surface area contributed by atoms with E-state index in [1.54, 1.807) is 25.1 Å². The number of nitrogens with zero attached hydrogens (tertiary/aromatic N) is 2. The van der Waals surface area contributed by atoms with Gasteiger partial charge in [0, 0.05) is 22.6 Å². The lowest BCUT2D eigenvalue weighted by atomic mass is 10.1. The average Bonchev–Trinajstić information content (AvgIpc) is 2.90. The van der Waals surface area contributed by atoms with Crippen LogP contribution in [0.2, 0.25) is 10.0 Å². The lowest BCUT2D eigenvalue weighted by Crippen LogP contribution is -2.51. The van der Waals surface area contributed by atoms with Gasteiger partial charge >= 0.3 is 0 Å². The van der Waals surface area contributed by atoms with Crippen LogP contribution in [-0.4, -0.2) is 44.3 Å². The molecule has 7 nitrogen and oxygen atoms in total. The summed E-state index contributed by atoms with van der Waals surface area (Å²) in [5, 5.41) is 3.17. The van der Waals surface area contributed by atoms with E-state index in [1.807, 2.05) is 31.2 Å². The second kappa shape index (κ2) is 13.5. The fraction of sp³-hybridized carbons (Fsp3) is 0.259. The zero-order chi connectivity index (χ0) is 27.9. The molecule has 0 spiro atoms. The van der Waals surface area contributed by atoms with Crippen molar-refractivity contribution in [1.29, 1.82) is 0 Å². The second-order valence-corrected chi connectivity index (χ2v) is 12.2. The van der Waals surface area contributed by atoms with E-state index >= 15 is 0 Å². The molecule has 0 fully saturated rings. The van der Waals surface area contributed by atoms with Crippen molar-refractivity contribution in [2.24, 2.45) is 0 Å². The van der Waals surface area contributed by atoms with Crippen molar-refractivity contribution in [3.8, 4) is 0 Å². The van der Waals surface area contributed by atoms with Gasteiger partial charge in [-0.25, -0.2) is 8.42 Å². The van der Waals surface area contributed by atoms with Crippen molar-refractivity contribution in [1.82, 2.24) is 10.2 Å². The summed E-state index contributed by atoms with van der Waals surface area (Å²) in [5.41, 5.74) is 0.822. The van der Waals surface area contributed by atoms with Gasteiger partial charge in [-0.05, 0) is 61.4 Å². The molecule has 0 aliphatic rings. The maximum atomic E-state index is 13.9. The summed E-state index contributed by atoms with van der Waals surface area (Å²) in [6.07, 6.45) is 0.731. The molecule has 3 rings (SSSR count). The van der Waals surface area contributed by atoms with Crippen molar-refractivity contribution in [2.45, 2.75) is 37.8 Å². The third-order valence-corrected chi connectivity index (χ3v) is 8.57.